The minimum Gasteiger partial charge on any atom is -0.267 e. The topological polar surface area (TPSA) is 86.7 Å². The van der Waals surface area contributed by atoms with Gasteiger partial charge in [-0.2, -0.15) is 16.8 Å². The first-order valence-electron chi connectivity index (χ1n) is 12.1. The first-order valence-corrected chi connectivity index (χ1v) is 15.3. The van der Waals surface area contributed by atoms with E-state index in [9.17, 15) is 16.8 Å². The second kappa shape index (κ2) is 9.75. The van der Waals surface area contributed by atoms with E-state index < -0.39 is 31.7 Å². The standard InChI is InChI=1S/C22H38O6S2/c23-29(24,27-21-11-9-17-5-1-3-7-19(17)15-21)13-14-30(25,26)28-22-12-10-18-6-2-4-8-20(18)16-22/h17-22H,1-16H2. The Balaban J connectivity index is 1.23. The molecular weight excluding hydrogens is 424 g/mol. The molecular formula is C22H38O6S2. The smallest absolute Gasteiger partial charge is 0.267 e. The van der Waals surface area contributed by atoms with Crippen LogP contribution in [0.25, 0.3) is 0 Å². The van der Waals surface area contributed by atoms with Crippen molar-refractivity contribution in [3.8, 4) is 0 Å². The van der Waals surface area contributed by atoms with Crippen LogP contribution in [0.1, 0.15) is 89.9 Å². The van der Waals surface area contributed by atoms with E-state index in [0.717, 1.165) is 51.4 Å². The van der Waals surface area contributed by atoms with E-state index in [4.69, 9.17) is 8.37 Å². The first kappa shape index (κ1) is 23.0. The van der Waals surface area contributed by atoms with Gasteiger partial charge in [0.2, 0.25) is 0 Å². The molecule has 0 heterocycles. The van der Waals surface area contributed by atoms with Gasteiger partial charge in [-0.15, -0.1) is 0 Å². The van der Waals surface area contributed by atoms with Gasteiger partial charge in [-0.3, -0.25) is 8.37 Å². The molecule has 4 aliphatic rings. The van der Waals surface area contributed by atoms with E-state index in [1.54, 1.807) is 0 Å². The van der Waals surface area contributed by atoms with Gasteiger partial charge in [-0.05, 0) is 62.2 Å². The van der Waals surface area contributed by atoms with Crippen LogP contribution in [0, 0.1) is 23.7 Å². The maximum absolute atomic E-state index is 12.4. The van der Waals surface area contributed by atoms with Crippen LogP contribution in [0.15, 0.2) is 0 Å². The SMILES string of the molecule is O=S(=O)(CCS(=O)(=O)OC1CCC2CCCCC2C1)OC1CCC2CCCCC2C1. The van der Waals surface area contributed by atoms with Crippen molar-refractivity contribution in [3.63, 3.8) is 0 Å². The Labute approximate surface area is 182 Å². The van der Waals surface area contributed by atoms with Gasteiger partial charge in [0.05, 0.1) is 23.7 Å². The van der Waals surface area contributed by atoms with Crippen molar-refractivity contribution in [2.24, 2.45) is 23.7 Å². The molecule has 0 spiro atoms. The average Bonchev–Trinajstić information content (AvgIpc) is 2.72. The molecule has 0 bridgehead atoms. The van der Waals surface area contributed by atoms with Crippen molar-refractivity contribution in [3.05, 3.63) is 0 Å². The lowest BCUT2D eigenvalue weighted by atomic mass is 9.70. The molecule has 0 aromatic heterocycles. The molecule has 0 aromatic rings. The van der Waals surface area contributed by atoms with Crippen LogP contribution in [-0.4, -0.2) is 40.5 Å². The minimum atomic E-state index is -3.87. The predicted octanol–water partition coefficient (Wildman–Crippen LogP) is 4.40. The van der Waals surface area contributed by atoms with Crippen molar-refractivity contribution in [2.75, 3.05) is 11.5 Å². The summed E-state index contributed by atoms with van der Waals surface area (Å²) < 4.78 is 60.6. The lowest BCUT2D eigenvalue weighted by molar-refractivity contribution is 0.0675. The number of hydrogen-bond donors (Lipinski definition) is 0. The molecule has 6 nitrogen and oxygen atoms in total. The third kappa shape index (κ3) is 6.20. The zero-order chi connectivity index (χ0) is 21.2. The number of hydrogen-bond acceptors (Lipinski definition) is 6. The van der Waals surface area contributed by atoms with Gasteiger partial charge in [0.1, 0.15) is 0 Å². The van der Waals surface area contributed by atoms with Gasteiger partial charge < -0.3 is 0 Å². The van der Waals surface area contributed by atoms with Gasteiger partial charge in [-0.1, -0.05) is 51.4 Å². The molecule has 0 radical (unpaired) electrons. The van der Waals surface area contributed by atoms with E-state index >= 15 is 0 Å². The van der Waals surface area contributed by atoms with E-state index in [1.165, 1.54) is 38.5 Å². The third-order valence-electron chi connectivity index (χ3n) is 8.13. The average molecular weight is 463 g/mol. The maximum Gasteiger partial charge on any atom is 0.268 e. The van der Waals surface area contributed by atoms with Crippen LogP contribution in [0.3, 0.4) is 0 Å². The lowest BCUT2D eigenvalue weighted by Crippen LogP contribution is -2.35. The number of fused-ring (bicyclic) bond motifs is 2. The summed E-state index contributed by atoms with van der Waals surface area (Å²) in [6.45, 7) is 0. The second-order valence-electron chi connectivity index (χ2n) is 10.2. The van der Waals surface area contributed by atoms with Gasteiger partial charge in [0, 0.05) is 0 Å². The highest BCUT2D eigenvalue weighted by Gasteiger charge is 2.36. The molecule has 0 saturated heterocycles. The molecule has 6 atom stereocenters. The van der Waals surface area contributed by atoms with Gasteiger partial charge >= 0.3 is 0 Å². The second-order valence-corrected chi connectivity index (χ2v) is 13.6. The molecule has 0 amide bonds. The van der Waals surface area contributed by atoms with Crippen molar-refractivity contribution in [2.45, 2.75) is 102 Å². The molecule has 0 N–H and O–H groups in total. The quantitative estimate of drug-likeness (QED) is 0.521. The van der Waals surface area contributed by atoms with E-state index in [-0.39, 0.29) is 12.2 Å². The van der Waals surface area contributed by atoms with Gasteiger partial charge in [0.25, 0.3) is 20.2 Å². The van der Waals surface area contributed by atoms with E-state index in [0.29, 0.717) is 23.7 Å². The van der Waals surface area contributed by atoms with Crippen LogP contribution >= 0.6 is 0 Å². The van der Waals surface area contributed by atoms with Crippen LogP contribution in [0.5, 0.6) is 0 Å². The molecule has 174 valence electrons. The molecule has 6 unspecified atom stereocenters. The highest BCUT2D eigenvalue weighted by Crippen LogP contribution is 2.42. The normalized spacial score (nSPS) is 37.9. The third-order valence-corrected chi connectivity index (χ3v) is 10.9. The summed E-state index contributed by atoms with van der Waals surface area (Å²) >= 11 is 0. The summed E-state index contributed by atoms with van der Waals surface area (Å²) in [4.78, 5) is 0. The van der Waals surface area contributed by atoms with Crippen LogP contribution in [0.4, 0.5) is 0 Å². The Morgan fingerprint density at radius 2 is 0.867 bits per heavy atom. The molecule has 4 fully saturated rings. The van der Waals surface area contributed by atoms with Crippen molar-refractivity contribution >= 4 is 20.2 Å². The first-order chi connectivity index (χ1) is 14.3. The Morgan fingerprint density at radius 3 is 1.27 bits per heavy atom. The summed E-state index contributed by atoms with van der Waals surface area (Å²) in [6.07, 6.45) is 14.4. The lowest BCUT2D eigenvalue weighted by Gasteiger charge is -2.39. The fourth-order valence-corrected chi connectivity index (χ4v) is 9.55. The van der Waals surface area contributed by atoms with Crippen molar-refractivity contribution < 1.29 is 25.2 Å². The molecule has 4 aliphatic carbocycles. The maximum atomic E-state index is 12.4. The fraction of sp³-hybridized carbons (Fsp3) is 1.00. The molecule has 4 rings (SSSR count). The van der Waals surface area contributed by atoms with Gasteiger partial charge in [0.15, 0.2) is 0 Å². The van der Waals surface area contributed by atoms with Crippen LogP contribution < -0.4 is 0 Å². The molecule has 0 aromatic carbocycles. The Bertz CT molecular complexity index is 711. The molecule has 0 aliphatic heterocycles. The van der Waals surface area contributed by atoms with E-state index in [2.05, 4.69) is 0 Å². The zero-order valence-electron chi connectivity index (χ0n) is 18.0. The fourth-order valence-electron chi connectivity index (χ4n) is 6.55. The summed E-state index contributed by atoms with van der Waals surface area (Å²) in [5, 5.41) is 0. The predicted molar refractivity (Wildman–Crippen MR) is 116 cm³/mol. The van der Waals surface area contributed by atoms with E-state index in [1.807, 2.05) is 0 Å². The monoisotopic (exact) mass is 462 g/mol. The number of rotatable bonds is 7. The van der Waals surface area contributed by atoms with Crippen molar-refractivity contribution in [1.82, 2.24) is 0 Å². The highest BCUT2D eigenvalue weighted by atomic mass is 32.2. The Kier molecular flexibility index (Phi) is 7.48. The largest absolute Gasteiger partial charge is 0.268 e. The van der Waals surface area contributed by atoms with Crippen molar-refractivity contribution in [1.29, 1.82) is 0 Å². The zero-order valence-corrected chi connectivity index (χ0v) is 19.7. The molecule has 30 heavy (non-hydrogen) atoms. The summed E-state index contributed by atoms with van der Waals surface area (Å²) in [6, 6.07) is 0. The summed E-state index contributed by atoms with van der Waals surface area (Å²) in [7, 11) is -7.74. The minimum absolute atomic E-state index is 0.292. The summed E-state index contributed by atoms with van der Waals surface area (Å²) in [5.74, 6) is 1.53. The Hall–Kier alpha value is -0.180. The summed E-state index contributed by atoms with van der Waals surface area (Å²) in [5.41, 5.74) is 0. The van der Waals surface area contributed by atoms with Gasteiger partial charge in [-0.25, -0.2) is 0 Å². The van der Waals surface area contributed by atoms with Crippen LogP contribution in [-0.2, 0) is 28.6 Å². The van der Waals surface area contributed by atoms with Crippen LogP contribution in [0.2, 0.25) is 0 Å². The molecule has 4 saturated carbocycles. The highest BCUT2D eigenvalue weighted by molar-refractivity contribution is 7.90. The Morgan fingerprint density at radius 1 is 0.500 bits per heavy atom. The molecule has 8 heteroatoms.